The molecular weight excluding hydrogens is 442 g/mol. The summed E-state index contributed by atoms with van der Waals surface area (Å²) in [7, 11) is 0. The molecule has 6 heteroatoms. The van der Waals surface area contributed by atoms with E-state index in [1.807, 2.05) is 64.1 Å². The molecule has 0 saturated carbocycles. The predicted molar refractivity (Wildman–Crippen MR) is 138 cm³/mol. The van der Waals surface area contributed by atoms with Gasteiger partial charge in [-0.05, 0) is 68.5 Å². The van der Waals surface area contributed by atoms with Crippen molar-refractivity contribution in [3.8, 4) is 11.5 Å². The highest BCUT2D eigenvalue weighted by Crippen LogP contribution is 2.41. The number of aliphatic hydroxyl groups excluding tert-OH is 1. The van der Waals surface area contributed by atoms with Gasteiger partial charge >= 0.3 is 0 Å². The van der Waals surface area contributed by atoms with Crippen LogP contribution in [0.15, 0.2) is 48.0 Å². The molecular formula is C29H37NO5. The van der Waals surface area contributed by atoms with E-state index < -0.39 is 17.7 Å². The summed E-state index contributed by atoms with van der Waals surface area (Å²) in [5.41, 5.74) is 2.00. The number of aliphatic hydroxyl groups is 1. The highest BCUT2D eigenvalue weighted by Gasteiger charge is 2.45. The average molecular weight is 480 g/mol. The summed E-state index contributed by atoms with van der Waals surface area (Å²) in [4.78, 5) is 27.7. The van der Waals surface area contributed by atoms with Crippen molar-refractivity contribution in [2.75, 3.05) is 13.2 Å². The van der Waals surface area contributed by atoms with Crippen molar-refractivity contribution in [1.82, 2.24) is 4.90 Å². The molecule has 3 rings (SSSR count). The predicted octanol–water partition coefficient (Wildman–Crippen LogP) is 6.00. The fourth-order valence-corrected chi connectivity index (χ4v) is 4.40. The molecule has 1 unspecified atom stereocenters. The Morgan fingerprint density at radius 2 is 1.71 bits per heavy atom. The second-order valence-corrected chi connectivity index (χ2v) is 10.1. The molecule has 35 heavy (non-hydrogen) atoms. The van der Waals surface area contributed by atoms with Crippen LogP contribution in [0.4, 0.5) is 0 Å². The Morgan fingerprint density at radius 3 is 2.26 bits per heavy atom. The summed E-state index contributed by atoms with van der Waals surface area (Å²) in [6.07, 6.45) is 0.721. The van der Waals surface area contributed by atoms with Crippen molar-refractivity contribution in [2.45, 2.75) is 72.4 Å². The van der Waals surface area contributed by atoms with Crippen molar-refractivity contribution in [2.24, 2.45) is 0 Å². The quantitative estimate of drug-likeness (QED) is 0.285. The lowest BCUT2D eigenvalue weighted by Crippen LogP contribution is -2.30. The zero-order chi connectivity index (χ0) is 25.9. The minimum absolute atomic E-state index is 0.0308. The number of nitrogens with zero attached hydrogens (tertiary/aromatic N) is 1. The third-order valence-corrected chi connectivity index (χ3v) is 5.93. The summed E-state index contributed by atoms with van der Waals surface area (Å²) in [6.45, 7) is 14.9. The molecule has 0 aliphatic carbocycles. The summed E-state index contributed by atoms with van der Waals surface area (Å²) >= 11 is 0. The van der Waals surface area contributed by atoms with Gasteiger partial charge in [-0.2, -0.15) is 0 Å². The van der Waals surface area contributed by atoms with Gasteiger partial charge in [-0.1, -0.05) is 39.8 Å². The van der Waals surface area contributed by atoms with Gasteiger partial charge in [-0.3, -0.25) is 9.59 Å². The molecule has 1 aliphatic heterocycles. The van der Waals surface area contributed by atoms with Gasteiger partial charge in [-0.25, -0.2) is 0 Å². The number of hydrogen-bond acceptors (Lipinski definition) is 5. The second-order valence-electron chi connectivity index (χ2n) is 10.1. The normalized spacial score (nSPS) is 17.8. The molecule has 1 amide bonds. The van der Waals surface area contributed by atoms with Crippen LogP contribution in [0.1, 0.15) is 77.6 Å². The van der Waals surface area contributed by atoms with E-state index >= 15 is 0 Å². The van der Waals surface area contributed by atoms with Crippen LogP contribution in [-0.4, -0.2) is 41.0 Å². The number of benzene rings is 2. The lowest BCUT2D eigenvalue weighted by atomic mass is 9.84. The molecule has 1 N–H and O–H groups in total. The van der Waals surface area contributed by atoms with Gasteiger partial charge in [-0.15, -0.1) is 0 Å². The molecule has 188 valence electrons. The van der Waals surface area contributed by atoms with Crippen molar-refractivity contribution in [3.05, 3.63) is 64.7 Å². The van der Waals surface area contributed by atoms with Gasteiger partial charge < -0.3 is 19.5 Å². The smallest absolute Gasteiger partial charge is 0.295 e. The first-order valence-electron chi connectivity index (χ1n) is 12.3. The van der Waals surface area contributed by atoms with E-state index in [2.05, 4.69) is 20.8 Å². The van der Waals surface area contributed by atoms with Crippen LogP contribution in [0.3, 0.4) is 0 Å². The maximum atomic E-state index is 13.2. The highest BCUT2D eigenvalue weighted by atomic mass is 16.5. The van der Waals surface area contributed by atoms with Crippen LogP contribution < -0.4 is 9.47 Å². The SMILES string of the molecule is CCCN1C(=O)C(=O)/C(=C(\O)c2ccc(OCC)c(C(C)(C)C)c2)C1c1ccc(OC(C)C)cc1. The third-order valence-electron chi connectivity index (χ3n) is 5.93. The van der Waals surface area contributed by atoms with E-state index in [4.69, 9.17) is 9.47 Å². The fourth-order valence-electron chi connectivity index (χ4n) is 4.40. The minimum Gasteiger partial charge on any atom is -0.507 e. The summed E-state index contributed by atoms with van der Waals surface area (Å²) in [5, 5.41) is 11.4. The number of likely N-dealkylation sites (tertiary alicyclic amines) is 1. The van der Waals surface area contributed by atoms with Gasteiger partial charge in [0, 0.05) is 17.7 Å². The zero-order valence-corrected chi connectivity index (χ0v) is 21.8. The largest absolute Gasteiger partial charge is 0.507 e. The van der Waals surface area contributed by atoms with Gasteiger partial charge in [0.25, 0.3) is 11.7 Å². The molecule has 1 fully saturated rings. The Hall–Kier alpha value is -3.28. The van der Waals surface area contributed by atoms with Crippen LogP contribution in [-0.2, 0) is 15.0 Å². The van der Waals surface area contributed by atoms with E-state index in [9.17, 15) is 14.7 Å². The van der Waals surface area contributed by atoms with Crippen molar-refractivity contribution in [3.63, 3.8) is 0 Å². The van der Waals surface area contributed by atoms with Crippen LogP contribution in [0.25, 0.3) is 5.76 Å². The number of Topliss-reactive ketones (excluding diaryl/α,β-unsaturated/α-hetero) is 1. The summed E-state index contributed by atoms with van der Waals surface area (Å²) in [6, 6.07) is 12.1. The summed E-state index contributed by atoms with van der Waals surface area (Å²) < 4.78 is 11.5. The first-order valence-corrected chi connectivity index (χ1v) is 12.3. The maximum Gasteiger partial charge on any atom is 0.295 e. The molecule has 1 saturated heterocycles. The molecule has 2 aromatic carbocycles. The Bertz CT molecular complexity index is 1110. The fraction of sp³-hybridized carbons (Fsp3) is 0.448. The van der Waals surface area contributed by atoms with E-state index in [0.717, 1.165) is 16.9 Å². The molecule has 0 bridgehead atoms. The molecule has 0 radical (unpaired) electrons. The Morgan fingerprint density at radius 1 is 1.06 bits per heavy atom. The lowest BCUT2D eigenvalue weighted by Gasteiger charge is -2.26. The third kappa shape index (κ3) is 5.53. The van der Waals surface area contributed by atoms with Crippen molar-refractivity contribution >= 4 is 17.4 Å². The first kappa shape index (κ1) is 26.3. The number of ether oxygens (including phenoxy) is 2. The highest BCUT2D eigenvalue weighted by molar-refractivity contribution is 6.46. The van der Waals surface area contributed by atoms with Gasteiger partial charge in [0.2, 0.25) is 0 Å². The second kappa shape index (κ2) is 10.5. The molecule has 1 atom stereocenters. The first-order chi connectivity index (χ1) is 16.5. The van der Waals surface area contributed by atoms with Gasteiger partial charge in [0.1, 0.15) is 17.3 Å². The number of amides is 1. The molecule has 1 heterocycles. The van der Waals surface area contributed by atoms with E-state index in [0.29, 0.717) is 30.9 Å². The number of rotatable bonds is 8. The molecule has 1 aliphatic rings. The van der Waals surface area contributed by atoms with Gasteiger partial charge in [0.05, 0.1) is 24.3 Å². The van der Waals surface area contributed by atoms with Crippen LogP contribution >= 0.6 is 0 Å². The van der Waals surface area contributed by atoms with Crippen LogP contribution in [0.2, 0.25) is 0 Å². The lowest BCUT2D eigenvalue weighted by molar-refractivity contribution is -0.139. The van der Waals surface area contributed by atoms with Crippen LogP contribution in [0.5, 0.6) is 11.5 Å². The molecule has 2 aromatic rings. The molecule has 6 nitrogen and oxygen atoms in total. The Balaban J connectivity index is 2.16. The topological polar surface area (TPSA) is 76.1 Å². The maximum absolute atomic E-state index is 13.2. The molecule has 0 spiro atoms. The van der Waals surface area contributed by atoms with Crippen molar-refractivity contribution < 1.29 is 24.2 Å². The number of ketones is 1. The average Bonchev–Trinajstić information content (AvgIpc) is 3.04. The van der Waals surface area contributed by atoms with E-state index in [-0.39, 0.29) is 22.9 Å². The summed E-state index contributed by atoms with van der Waals surface area (Å²) in [5.74, 6) is -0.00153. The number of carbonyl (C=O) groups excluding carboxylic acids is 2. The van der Waals surface area contributed by atoms with E-state index in [1.54, 1.807) is 11.0 Å². The Labute approximate surface area is 208 Å². The monoisotopic (exact) mass is 479 g/mol. The zero-order valence-electron chi connectivity index (χ0n) is 21.8. The van der Waals surface area contributed by atoms with Crippen LogP contribution in [0, 0.1) is 0 Å². The van der Waals surface area contributed by atoms with Crippen molar-refractivity contribution in [1.29, 1.82) is 0 Å². The number of carbonyl (C=O) groups is 2. The number of hydrogen-bond donors (Lipinski definition) is 1. The molecule has 0 aromatic heterocycles. The standard InChI is InChI=1S/C29H37NO5/c1-8-16-30-25(19-10-13-21(14-11-19)35-18(3)4)24(27(32)28(30)33)26(31)20-12-15-23(34-9-2)22(17-20)29(5,6)7/h10-15,17-18,25,31H,8-9,16H2,1-7H3/b26-24-. The Kier molecular flexibility index (Phi) is 7.93. The minimum atomic E-state index is -0.673. The van der Waals surface area contributed by atoms with E-state index in [1.165, 1.54) is 0 Å². The van der Waals surface area contributed by atoms with Gasteiger partial charge in [0.15, 0.2) is 0 Å².